The molecular formula is C17H25FN2O3. The van der Waals surface area contributed by atoms with E-state index < -0.39 is 11.8 Å². The standard InChI is InChI=1S/C17H25FN2O3/c1-17(2,3)23-16(22)20-10-8-19(9-11-20)15(21)12-13-4-6-14(18)7-5-13/h4-7,15,21H,8-12H2,1-3H3. The fourth-order valence-electron chi connectivity index (χ4n) is 2.49. The summed E-state index contributed by atoms with van der Waals surface area (Å²) in [7, 11) is 0. The zero-order valence-corrected chi connectivity index (χ0v) is 14.0. The van der Waals surface area contributed by atoms with Crippen molar-refractivity contribution >= 4 is 6.09 Å². The molecule has 23 heavy (non-hydrogen) atoms. The highest BCUT2D eigenvalue weighted by molar-refractivity contribution is 5.68. The lowest BCUT2D eigenvalue weighted by Crippen LogP contribution is -2.53. The van der Waals surface area contributed by atoms with Crippen LogP contribution >= 0.6 is 0 Å². The van der Waals surface area contributed by atoms with Gasteiger partial charge in [0.15, 0.2) is 0 Å². The number of nitrogens with zero attached hydrogens (tertiary/aromatic N) is 2. The van der Waals surface area contributed by atoms with Crippen LogP contribution in [0.25, 0.3) is 0 Å². The van der Waals surface area contributed by atoms with Gasteiger partial charge in [0.05, 0.1) is 0 Å². The Morgan fingerprint density at radius 3 is 2.30 bits per heavy atom. The van der Waals surface area contributed by atoms with Crippen LogP contribution in [-0.2, 0) is 11.2 Å². The van der Waals surface area contributed by atoms with Crippen LogP contribution in [0, 0.1) is 5.82 Å². The Morgan fingerprint density at radius 2 is 1.78 bits per heavy atom. The molecule has 0 aromatic heterocycles. The van der Waals surface area contributed by atoms with Crippen LogP contribution in [0.1, 0.15) is 26.3 Å². The number of carbonyl (C=O) groups excluding carboxylic acids is 1. The third-order valence-corrected chi connectivity index (χ3v) is 3.72. The molecule has 1 atom stereocenters. The number of carbonyl (C=O) groups is 1. The minimum Gasteiger partial charge on any atom is -0.444 e. The van der Waals surface area contributed by atoms with Gasteiger partial charge in [-0.2, -0.15) is 0 Å². The largest absolute Gasteiger partial charge is 0.444 e. The van der Waals surface area contributed by atoms with Gasteiger partial charge in [-0.15, -0.1) is 0 Å². The molecule has 5 nitrogen and oxygen atoms in total. The Labute approximate surface area is 136 Å². The number of benzene rings is 1. The molecule has 128 valence electrons. The summed E-state index contributed by atoms with van der Waals surface area (Å²) in [5.74, 6) is -0.283. The van der Waals surface area contributed by atoms with E-state index in [1.807, 2.05) is 25.7 Å². The number of halogens is 1. The second kappa shape index (κ2) is 7.27. The first-order valence-corrected chi connectivity index (χ1v) is 7.89. The molecule has 0 spiro atoms. The summed E-state index contributed by atoms with van der Waals surface area (Å²) in [5, 5.41) is 10.3. The molecule has 2 rings (SSSR count). The van der Waals surface area contributed by atoms with E-state index >= 15 is 0 Å². The maximum absolute atomic E-state index is 12.9. The van der Waals surface area contributed by atoms with Crippen molar-refractivity contribution in [2.75, 3.05) is 26.2 Å². The van der Waals surface area contributed by atoms with Gasteiger partial charge in [-0.05, 0) is 38.5 Å². The number of aliphatic hydroxyl groups is 1. The van der Waals surface area contributed by atoms with Crippen LogP contribution in [-0.4, -0.2) is 59.0 Å². The van der Waals surface area contributed by atoms with Crippen molar-refractivity contribution in [2.45, 2.75) is 39.0 Å². The van der Waals surface area contributed by atoms with Crippen molar-refractivity contribution < 1.29 is 19.0 Å². The summed E-state index contributed by atoms with van der Waals surface area (Å²) in [4.78, 5) is 15.6. The topological polar surface area (TPSA) is 53.0 Å². The predicted octanol–water partition coefficient (Wildman–Crippen LogP) is 2.24. The zero-order valence-electron chi connectivity index (χ0n) is 14.0. The summed E-state index contributed by atoms with van der Waals surface area (Å²) in [6, 6.07) is 6.13. The molecule has 0 radical (unpaired) electrons. The Hall–Kier alpha value is -1.66. The second-order valence-electron chi connectivity index (χ2n) is 6.81. The van der Waals surface area contributed by atoms with Crippen molar-refractivity contribution in [3.63, 3.8) is 0 Å². The molecule has 0 bridgehead atoms. The first-order chi connectivity index (χ1) is 10.7. The van der Waals surface area contributed by atoms with Crippen LogP contribution in [0.5, 0.6) is 0 Å². The number of piperazine rings is 1. The molecule has 1 fully saturated rings. The fourth-order valence-corrected chi connectivity index (χ4v) is 2.49. The van der Waals surface area contributed by atoms with Gasteiger partial charge in [0, 0.05) is 32.6 Å². The lowest BCUT2D eigenvalue weighted by molar-refractivity contribution is -0.0331. The first-order valence-electron chi connectivity index (χ1n) is 7.89. The maximum Gasteiger partial charge on any atom is 0.410 e. The number of hydrogen-bond donors (Lipinski definition) is 1. The number of amides is 1. The van der Waals surface area contributed by atoms with Gasteiger partial charge in [0.1, 0.15) is 17.6 Å². The molecule has 0 aliphatic carbocycles. The Balaban J connectivity index is 1.81. The van der Waals surface area contributed by atoms with E-state index in [9.17, 15) is 14.3 Å². The third kappa shape index (κ3) is 5.48. The third-order valence-electron chi connectivity index (χ3n) is 3.72. The van der Waals surface area contributed by atoms with E-state index in [1.165, 1.54) is 12.1 Å². The summed E-state index contributed by atoms with van der Waals surface area (Å²) in [6.07, 6.45) is -0.515. The smallest absolute Gasteiger partial charge is 0.410 e. The number of hydrogen-bond acceptors (Lipinski definition) is 4. The minimum absolute atomic E-state index is 0.283. The molecule has 1 aromatic rings. The van der Waals surface area contributed by atoms with Gasteiger partial charge >= 0.3 is 6.09 Å². The number of rotatable bonds is 3. The average Bonchev–Trinajstić information content (AvgIpc) is 2.48. The molecule has 0 saturated carbocycles. The SMILES string of the molecule is CC(C)(C)OC(=O)N1CCN(C(O)Cc2ccc(F)cc2)CC1. The van der Waals surface area contributed by atoms with E-state index in [2.05, 4.69) is 0 Å². The first kappa shape index (κ1) is 17.7. The van der Waals surface area contributed by atoms with Gasteiger partial charge in [0.25, 0.3) is 0 Å². The van der Waals surface area contributed by atoms with Crippen molar-refractivity contribution in [1.82, 2.24) is 9.80 Å². The Bertz CT molecular complexity index is 520. The Kier molecular flexibility index (Phi) is 5.59. The van der Waals surface area contributed by atoms with E-state index in [4.69, 9.17) is 4.74 Å². The highest BCUT2D eigenvalue weighted by atomic mass is 19.1. The van der Waals surface area contributed by atoms with Crippen molar-refractivity contribution in [1.29, 1.82) is 0 Å². The highest BCUT2D eigenvalue weighted by Crippen LogP contribution is 2.14. The van der Waals surface area contributed by atoms with Crippen molar-refractivity contribution in [2.24, 2.45) is 0 Å². The molecule has 1 saturated heterocycles. The quantitative estimate of drug-likeness (QED) is 0.926. The van der Waals surface area contributed by atoms with E-state index in [1.54, 1.807) is 17.0 Å². The zero-order chi connectivity index (χ0) is 17.0. The molecular weight excluding hydrogens is 299 g/mol. The summed E-state index contributed by atoms with van der Waals surface area (Å²) in [6.45, 7) is 7.74. The Morgan fingerprint density at radius 1 is 1.22 bits per heavy atom. The summed E-state index contributed by atoms with van der Waals surface area (Å²) < 4.78 is 18.2. The van der Waals surface area contributed by atoms with Gasteiger partial charge < -0.3 is 14.7 Å². The maximum atomic E-state index is 12.9. The number of ether oxygens (including phenoxy) is 1. The van der Waals surface area contributed by atoms with Crippen LogP contribution in [0.3, 0.4) is 0 Å². The average molecular weight is 324 g/mol. The van der Waals surface area contributed by atoms with Crippen LogP contribution in [0.2, 0.25) is 0 Å². The molecule has 6 heteroatoms. The lowest BCUT2D eigenvalue weighted by atomic mass is 10.1. The summed E-state index contributed by atoms with van der Waals surface area (Å²) in [5.41, 5.74) is 0.379. The van der Waals surface area contributed by atoms with Gasteiger partial charge in [-0.1, -0.05) is 12.1 Å². The van der Waals surface area contributed by atoms with E-state index in [-0.39, 0.29) is 11.9 Å². The summed E-state index contributed by atoms with van der Waals surface area (Å²) >= 11 is 0. The van der Waals surface area contributed by atoms with Crippen LogP contribution < -0.4 is 0 Å². The molecule has 1 aromatic carbocycles. The van der Waals surface area contributed by atoms with Crippen molar-refractivity contribution in [3.8, 4) is 0 Å². The van der Waals surface area contributed by atoms with E-state index in [0.29, 0.717) is 32.6 Å². The number of aliphatic hydroxyl groups excluding tert-OH is 1. The highest BCUT2D eigenvalue weighted by Gasteiger charge is 2.28. The van der Waals surface area contributed by atoms with Gasteiger partial charge in [-0.3, -0.25) is 4.90 Å². The van der Waals surface area contributed by atoms with Crippen LogP contribution in [0.15, 0.2) is 24.3 Å². The monoisotopic (exact) mass is 324 g/mol. The molecule has 1 heterocycles. The molecule has 1 aliphatic heterocycles. The second-order valence-corrected chi connectivity index (χ2v) is 6.81. The molecule has 1 unspecified atom stereocenters. The normalized spacial score (nSPS) is 17.9. The van der Waals surface area contributed by atoms with Gasteiger partial charge in [0.2, 0.25) is 0 Å². The lowest BCUT2D eigenvalue weighted by Gasteiger charge is -2.37. The van der Waals surface area contributed by atoms with Gasteiger partial charge in [-0.25, -0.2) is 9.18 Å². The molecule has 1 N–H and O–H groups in total. The fraction of sp³-hybridized carbons (Fsp3) is 0.588. The van der Waals surface area contributed by atoms with Crippen molar-refractivity contribution in [3.05, 3.63) is 35.6 Å². The molecule has 1 aliphatic rings. The van der Waals surface area contributed by atoms with E-state index in [0.717, 1.165) is 5.56 Å². The minimum atomic E-state index is -0.638. The predicted molar refractivity (Wildman–Crippen MR) is 85.5 cm³/mol. The molecule has 1 amide bonds. The van der Waals surface area contributed by atoms with Crippen LogP contribution in [0.4, 0.5) is 9.18 Å².